The Morgan fingerprint density at radius 2 is 2.00 bits per heavy atom. The standard InChI is InChI=1S/C13H20BrNO2S/c1-9(15-18(16)13(2,3)4)10-7-6-8-11(14)12(10)17-5/h6-9,15H,1-5H3/t9-,18+/m1/s1. The van der Waals surface area contributed by atoms with Crippen LogP contribution in [0.2, 0.25) is 0 Å². The molecule has 18 heavy (non-hydrogen) atoms. The average molecular weight is 334 g/mol. The minimum absolute atomic E-state index is 0.0440. The van der Waals surface area contributed by atoms with Crippen molar-refractivity contribution >= 4 is 27.3 Å². The molecule has 0 heterocycles. The summed E-state index contributed by atoms with van der Waals surface area (Å²) in [5.74, 6) is 0.781. The number of rotatable bonds is 4. The molecule has 2 atom stereocenters. The Balaban J connectivity index is 2.91. The fourth-order valence-corrected chi connectivity index (χ4v) is 2.83. The molecular weight excluding hydrogens is 314 g/mol. The Morgan fingerprint density at radius 1 is 1.39 bits per heavy atom. The van der Waals surface area contributed by atoms with Crippen molar-refractivity contribution in [3.8, 4) is 5.75 Å². The fourth-order valence-electron chi connectivity index (χ4n) is 1.48. The van der Waals surface area contributed by atoms with Gasteiger partial charge < -0.3 is 9.29 Å². The summed E-state index contributed by atoms with van der Waals surface area (Å²) >= 11 is 2.35. The van der Waals surface area contributed by atoms with E-state index in [0.29, 0.717) is 0 Å². The number of nitrogens with one attached hydrogen (secondary N) is 1. The van der Waals surface area contributed by atoms with Crippen molar-refractivity contribution in [2.75, 3.05) is 7.11 Å². The molecule has 0 amide bonds. The molecule has 0 bridgehead atoms. The maximum atomic E-state index is 12.1. The van der Waals surface area contributed by atoms with E-state index in [2.05, 4.69) is 20.7 Å². The van der Waals surface area contributed by atoms with Gasteiger partial charge in [-0.05, 0) is 49.7 Å². The van der Waals surface area contributed by atoms with Crippen molar-refractivity contribution in [1.82, 2.24) is 4.72 Å². The van der Waals surface area contributed by atoms with Crippen LogP contribution in [0.4, 0.5) is 0 Å². The van der Waals surface area contributed by atoms with Crippen LogP contribution >= 0.6 is 15.9 Å². The Kier molecular flexibility index (Phi) is 5.52. The number of hydrogen-bond donors (Lipinski definition) is 1. The van der Waals surface area contributed by atoms with Crippen molar-refractivity contribution in [2.45, 2.75) is 38.5 Å². The molecule has 0 aliphatic rings. The molecular formula is C13H20BrNO2S. The molecule has 1 rings (SSSR count). The molecule has 1 aromatic rings. The van der Waals surface area contributed by atoms with Gasteiger partial charge in [0.15, 0.2) is 0 Å². The summed E-state index contributed by atoms with van der Waals surface area (Å²) in [6.07, 6.45) is 0. The van der Waals surface area contributed by atoms with Crippen LogP contribution in [0.15, 0.2) is 22.7 Å². The SMILES string of the molecule is COc1c(Br)cccc1[C@@H](C)N[S@@+]([O-])C(C)(C)C. The lowest BCUT2D eigenvalue weighted by Crippen LogP contribution is -2.40. The molecule has 0 saturated carbocycles. The van der Waals surface area contributed by atoms with Gasteiger partial charge in [-0.15, -0.1) is 4.72 Å². The largest absolute Gasteiger partial charge is 0.598 e. The highest BCUT2D eigenvalue weighted by atomic mass is 79.9. The predicted molar refractivity (Wildman–Crippen MR) is 80.1 cm³/mol. The van der Waals surface area contributed by atoms with Gasteiger partial charge in [-0.1, -0.05) is 12.1 Å². The van der Waals surface area contributed by atoms with Gasteiger partial charge in [-0.2, -0.15) is 0 Å². The Labute approximate surface area is 121 Å². The van der Waals surface area contributed by atoms with Crippen LogP contribution in [-0.2, 0) is 11.4 Å². The first-order valence-electron chi connectivity index (χ1n) is 5.77. The number of para-hydroxylation sites is 1. The molecule has 1 N–H and O–H groups in total. The van der Waals surface area contributed by atoms with Crippen molar-refractivity contribution in [2.24, 2.45) is 0 Å². The van der Waals surface area contributed by atoms with E-state index < -0.39 is 11.4 Å². The van der Waals surface area contributed by atoms with E-state index in [0.717, 1.165) is 15.8 Å². The highest BCUT2D eigenvalue weighted by molar-refractivity contribution is 9.10. The molecule has 0 spiro atoms. The van der Waals surface area contributed by atoms with Crippen molar-refractivity contribution in [3.63, 3.8) is 0 Å². The number of methoxy groups -OCH3 is 1. The lowest BCUT2D eigenvalue weighted by molar-refractivity contribution is 0.402. The summed E-state index contributed by atoms with van der Waals surface area (Å²) in [4.78, 5) is 0. The normalized spacial score (nSPS) is 15.3. The molecule has 0 aliphatic carbocycles. The van der Waals surface area contributed by atoms with Crippen LogP contribution in [0.1, 0.15) is 39.3 Å². The lowest BCUT2D eigenvalue weighted by atomic mass is 10.1. The van der Waals surface area contributed by atoms with E-state index in [4.69, 9.17) is 4.74 Å². The van der Waals surface area contributed by atoms with Crippen LogP contribution in [0.5, 0.6) is 5.75 Å². The van der Waals surface area contributed by atoms with Gasteiger partial charge >= 0.3 is 0 Å². The number of hydrogen-bond acceptors (Lipinski definition) is 3. The Hall–Kier alpha value is -0.230. The Bertz CT molecular complexity index is 406. The first-order chi connectivity index (χ1) is 8.27. The molecule has 0 radical (unpaired) electrons. The summed E-state index contributed by atoms with van der Waals surface area (Å²) in [6, 6.07) is 5.80. The van der Waals surface area contributed by atoms with E-state index in [1.54, 1.807) is 7.11 Å². The topological polar surface area (TPSA) is 44.3 Å². The molecule has 1 aromatic carbocycles. The summed E-state index contributed by atoms with van der Waals surface area (Å²) in [5, 5.41) is 0. The highest BCUT2D eigenvalue weighted by Gasteiger charge is 2.29. The van der Waals surface area contributed by atoms with Crippen LogP contribution in [0, 0.1) is 0 Å². The zero-order chi connectivity index (χ0) is 13.9. The van der Waals surface area contributed by atoms with Gasteiger partial charge in [0.2, 0.25) is 0 Å². The molecule has 0 aliphatic heterocycles. The molecule has 102 valence electrons. The predicted octanol–water partition coefficient (Wildman–Crippen LogP) is 3.57. The number of halogens is 1. The monoisotopic (exact) mass is 333 g/mol. The van der Waals surface area contributed by atoms with E-state index >= 15 is 0 Å². The Morgan fingerprint density at radius 3 is 2.50 bits per heavy atom. The second-order valence-electron chi connectivity index (χ2n) is 5.08. The van der Waals surface area contributed by atoms with Crippen molar-refractivity contribution < 1.29 is 9.29 Å². The number of ether oxygens (including phenoxy) is 1. The average Bonchev–Trinajstić information content (AvgIpc) is 2.27. The molecule has 5 heteroatoms. The molecule has 0 unspecified atom stereocenters. The zero-order valence-electron chi connectivity index (χ0n) is 11.4. The van der Waals surface area contributed by atoms with Gasteiger partial charge in [0.1, 0.15) is 10.5 Å². The summed E-state index contributed by atoms with van der Waals surface area (Å²) in [7, 11) is 1.64. The number of benzene rings is 1. The van der Waals surface area contributed by atoms with E-state index in [1.807, 2.05) is 45.9 Å². The molecule has 0 aromatic heterocycles. The fraction of sp³-hybridized carbons (Fsp3) is 0.538. The zero-order valence-corrected chi connectivity index (χ0v) is 13.8. The van der Waals surface area contributed by atoms with Gasteiger partial charge in [0.25, 0.3) is 0 Å². The lowest BCUT2D eigenvalue weighted by Gasteiger charge is -2.27. The molecule has 0 saturated heterocycles. The molecule has 0 fully saturated rings. The first-order valence-corrected chi connectivity index (χ1v) is 7.72. The summed E-state index contributed by atoms with van der Waals surface area (Å²) in [5.41, 5.74) is 0.990. The van der Waals surface area contributed by atoms with Crippen molar-refractivity contribution in [3.05, 3.63) is 28.2 Å². The third kappa shape index (κ3) is 3.88. The van der Waals surface area contributed by atoms with Crippen LogP contribution in [0.25, 0.3) is 0 Å². The highest BCUT2D eigenvalue weighted by Crippen LogP contribution is 2.33. The third-order valence-corrected chi connectivity index (χ3v) is 4.81. The van der Waals surface area contributed by atoms with Crippen LogP contribution in [-0.4, -0.2) is 16.4 Å². The minimum Gasteiger partial charge on any atom is -0.598 e. The van der Waals surface area contributed by atoms with Crippen molar-refractivity contribution in [1.29, 1.82) is 0 Å². The summed E-state index contributed by atoms with van der Waals surface area (Å²) < 4.78 is 21.2. The summed E-state index contributed by atoms with van der Waals surface area (Å²) in [6.45, 7) is 7.82. The third-order valence-electron chi connectivity index (χ3n) is 2.51. The first kappa shape index (κ1) is 15.8. The second kappa shape index (κ2) is 6.28. The van der Waals surface area contributed by atoms with Gasteiger partial charge in [-0.25, -0.2) is 0 Å². The quantitative estimate of drug-likeness (QED) is 0.856. The smallest absolute Gasteiger partial charge is 0.137 e. The van der Waals surface area contributed by atoms with E-state index in [9.17, 15) is 4.55 Å². The molecule has 3 nitrogen and oxygen atoms in total. The van der Waals surface area contributed by atoms with Crippen LogP contribution in [0.3, 0.4) is 0 Å². The van der Waals surface area contributed by atoms with Crippen LogP contribution < -0.4 is 9.46 Å². The second-order valence-corrected chi connectivity index (χ2v) is 7.94. The van der Waals surface area contributed by atoms with E-state index in [-0.39, 0.29) is 10.8 Å². The minimum atomic E-state index is -1.11. The van der Waals surface area contributed by atoms with E-state index in [1.165, 1.54) is 0 Å². The maximum absolute atomic E-state index is 12.1. The maximum Gasteiger partial charge on any atom is 0.137 e. The van der Waals surface area contributed by atoms with Gasteiger partial charge in [0.05, 0.1) is 17.6 Å². The van der Waals surface area contributed by atoms with Gasteiger partial charge in [-0.3, -0.25) is 0 Å². The van der Waals surface area contributed by atoms with Gasteiger partial charge in [0, 0.05) is 16.9 Å².